The number of amides is 1. The lowest BCUT2D eigenvalue weighted by Crippen LogP contribution is -2.40. The van der Waals surface area contributed by atoms with Crippen LogP contribution in [0.5, 0.6) is 0 Å². The number of carbonyl (C=O) groups is 1. The van der Waals surface area contributed by atoms with Crippen molar-refractivity contribution in [3.8, 4) is 0 Å². The van der Waals surface area contributed by atoms with E-state index in [1.165, 1.54) is 12.8 Å². The molecule has 3 heterocycles. The number of carbonyl (C=O) groups excluding carboxylic acids is 1. The van der Waals surface area contributed by atoms with Crippen molar-refractivity contribution in [3.05, 3.63) is 48.3 Å². The zero-order valence-electron chi connectivity index (χ0n) is 13.4. The van der Waals surface area contributed by atoms with Gasteiger partial charge in [0.1, 0.15) is 11.5 Å². The van der Waals surface area contributed by atoms with Gasteiger partial charge in [0.2, 0.25) is 5.91 Å². The maximum atomic E-state index is 12.6. The molecule has 1 amide bonds. The molecular weight excluding hydrogens is 292 g/mol. The molecule has 0 saturated carbocycles. The minimum Gasteiger partial charge on any atom is -0.468 e. The van der Waals surface area contributed by atoms with Gasteiger partial charge in [-0.3, -0.25) is 9.69 Å². The minimum absolute atomic E-state index is 0.199. The Labute approximate surface area is 136 Å². The number of hydrogen-bond acceptors (Lipinski definition) is 4. The zero-order chi connectivity index (χ0) is 15.9. The molecule has 0 aliphatic carbocycles. The van der Waals surface area contributed by atoms with Crippen LogP contribution in [0.15, 0.2) is 45.6 Å². The van der Waals surface area contributed by atoms with E-state index in [-0.39, 0.29) is 5.91 Å². The van der Waals surface area contributed by atoms with E-state index < -0.39 is 0 Å². The highest BCUT2D eigenvalue weighted by atomic mass is 16.3. The highest BCUT2D eigenvalue weighted by molar-refractivity contribution is 5.78. The van der Waals surface area contributed by atoms with Crippen LogP contribution in [0, 0.1) is 0 Å². The summed E-state index contributed by atoms with van der Waals surface area (Å²) in [7, 11) is 0. The first-order valence-corrected chi connectivity index (χ1v) is 8.36. The topological polar surface area (TPSA) is 49.8 Å². The molecule has 124 valence electrons. The van der Waals surface area contributed by atoms with E-state index in [0.29, 0.717) is 19.6 Å². The van der Waals surface area contributed by atoms with Crippen molar-refractivity contribution >= 4 is 5.91 Å². The van der Waals surface area contributed by atoms with E-state index in [1.54, 1.807) is 12.5 Å². The standard InChI is InChI=1S/C18H24N2O3/c21-18(20-9-3-1-2-4-10-20)15-19(13-16-7-5-11-22-16)14-17-8-6-12-23-17/h5-8,11-12H,1-4,9-10,13-15H2. The molecule has 2 aromatic rings. The fourth-order valence-corrected chi connectivity index (χ4v) is 3.02. The molecule has 3 rings (SSSR count). The van der Waals surface area contributed by atoms with Gasteiger partial charge in [-0.2, -0.15) is 0 Å². The highest BCUT2D eigenvalue weighted by Gasteiger charge is 2.20. The van der Waals surface area contributed by atoms with Crippen molar-refractivity contribution in [2.45, 2.75) is 38.8 Å². The van der Waals surface area contributed by atoms with Crippen LogP contribution in [0.1, 0.15) is 37.2 Å². The second kappa shape index (κ2) is 8.02. The van der Waals surface area contributed by atoms with Crippen LogP contribution in [0.4, 0.5) is 0 Å². The SMILES string of the molecule is O=C(CN(Cc1ccco1)Cc1ccco1)N1CCCCCC1. The van der Waals surface area contributed by atoms with Gasteiger partial charge in [-0.25, -0.2) is 0 Å². The first-order valence-electron chi connectivity index (χ1n) is 8.36. The number of likely N-dealkylation sites (tertiary alicyclic amines) is 1. The second-order valence-electron chi connectivity index (χ2n) is 6.10. The second-order valence-corrected chi connectivity index (χ2v) is 6.10. The van der Waals surface area contributed by atoms with Crippen molar-refractivity contribution in [3.63, 3.8) is 0 Å². The van der Waals surface area contributed by atoms with Crippen molar-refractivity contribution in [1.29, 1.82) is 0 Å². The summed E-state index contributed by atoms with van der Waals surface area (Å²) in [6, 6.07) is 7.62. The highest BCUT2D eigenvalue weighted by Crippen LogP contribution is 2.14. The van der Waals surface area contributed by atoms with Gasteiger partial charge in [0, 0.05) is 13.1 Å². The minimum atomic E-state index is 0.199. The molecule has 2 aromatic heterocycles. The van der Waals surface area contributed by atoms with Crippen molar-refractivity contribution in [2.24, 2.45) is 0 Å². The van der Waals surface area contributed by atoms with Crippen LogP contribution >= 0.6 is 0 Å². The van der Waals surface area contributed by atoms with Crippen LogP contribution in [-0.4, -0.2) is 35.3 Å². The Hall–Kier alpha value is -2.01. The molecule has 5 heteroatoms. The maximum absolute atomic E-state index is 12.6. The first kappa shape index (κ1) is 15.9. The van der Waals surface area contributed by atoms with Gasteiger partial charge in [-0.05, 0) is 37.1 Å². The molecular formula is C18H24N2O3. The Morgan fingerprint density at radius 3 is 2.00 bits per heavy atom. The Kier molecular flexibility index (Phi) is 5.53. The fourth-order valence-electron chi connectivity index (χ4n) is 3.02. The fraction of sp³-hybridized carbons (Fsp3) is 0.500. The number of hydrogen-bond donors (Lipinski definition) is 0. The summed E-state index contributed by atoms with van der Waals surface area (Å²) in [4.78, 5) is 16.7. The van der Waals surface area contributed by atoms with Gasteiger partial charge < -0.3 is 13.7 Å². The average Bonchev–Trinajstić information content (AvgIpc) is 3.16. The molecule has 0 bridgehead atoms. The lowest BCUT2D eigenvalue weighted by Gasteiger charge is -2.25. The Morgan fingerprint density at radius 2 is 1.52 bits per heavy atom. The molecule has 1 saturated heterocycles. The van der Waals surface area contributed by atoms with E-state index in [2.05, 4.69) is 4.90 Å². The predicted molar refractivity (Wildman–Crippen MR) is 86.6 cm³/mol. The van der Waals surface area contributed by atoms with E-state index in [0.717, 1.165) is 37.5 Å². The largest absolute Gasteiger partial charge is 0.468 e. The normalized spacial score (nSPS) is 15.8. The summed E-state index contributed by atoms with van der Waals surface area (Å²) in [6.45, 7) is 3.37. The Bertz CT molecular complexity index is 533. The first-order chi connectivity index (χ1) is 11.3. The van der Waals surface area contributed by atoms with E-state index in [1.807, 2.05) is 29.2 Å². The zero-order valence-corrected chi connectivity index (χ0v) is 13.4. The predicted octanol–water partition coefficient (Wildman–Crippen LogP) is 3.28. The number of furan rings is 2. The average molecular weight is 316 g/mol. The molecule has 23 heavy (non-hydrogen) atoms. The third-order valence-corrected chi connectivity index (χ3v) is 4.24. The van der Waals surface area contributed by atoms with Gasteiger partial charge in [0.15, 0.2) is 0 Å². The van der Waals surface area contributed by atoms with E-state index in [9.17, 15) is 4.79 Å². The van der Waals surface area contributed by atoms with Gasteiger partial charge in [0.25, 0.3) is 0 Å². The van der Waals surface area contributed by atoms with Gasteiger partial charge in [0.05, 0.1) is 32.2 Å². The molecule has 0 atom stereocenters. The van der Waals surface area contributed by atoms with Gasteiger partial charge in [-0.15, -0.1) is 0 Å². The molecule has 0 unspecified atom stereocenters. The summed E-state index contributed by atoms with van der Waals surface area (Å²) in [5.41, 5.74) is 0. The summed E-state index contributed by atoms with van der Waals surface area (Å²) in [6.07, 6.45) is 8.01. The monoisotopic (exact) mass is 316 g/mol. The number of nitrogens with zero attached hydrogens (tertiary/aromatic N) is 2. The third kappa shape index (κ3) is 4.73. The smallest absolute Gasteiger partial charge is 0.236 e. The molecule has 1 aliphatic rings. The summed E-state index contributed by atoms with van der Waals surface area (Å²) < 4.78 is 10.9. The Morgan fingerprint density at radius 1 is 0.957 bits per heavy atom. The summed E-state index contributed by atoms with van der Waals surface area (Å²) in [5, 5.41) is 0. The van der Waals surface area contributed by atoms with Gasteiger partial charge in [-0.1, -0.05) is 12.8 Å². The van der Waals surface area contributed by atoms with Crippen molar-refractivity contribution < 1.29 is 13.6 Å². The molecule has 0 spiro atoms. The van der Waals surface area contributed by atoms with Crippen LogP contribution < -0.4 is 0 Å². The van der Waals surface area contributed by atoms with E-state index >= 15 is 0 Å². The molecule has 0 radical (unpaired) electrons. The third-order valence-electron chi connectivity index (χ3n) is 4.24. The molecule has 0 aromatic carbocycles. The lowest BCUT2D eigenvalue weighted by molar-refractivity contribution is -0.132. The Balaban J connectivity index is 1.63. The summed E-state index contributed by atoms with van der Waals surface area (Å²) >= 11 is 0. The lowest BCUT2D eigenvalue weighted by atomic mass is 10.2. The number of rotatable bonds is 6. The van der Waals surface area contributed by atoms with Gasteiger partial charge >= 0.3 is 0 Å². The maximum Gasteiger partial charge on any atom is 0.236 e. The van der Waals surface area contributed by atoms with Crippen molar-refractivity contribution in [2.75, 3.05) is 19.6 Å². The van der Waals surface area contributed by atoms with E-state index in [4.69, 9.17) is 8.83 Å². The molecule has 1 aliphatic heterocycles. The van der Waals surface area contributed by atoms with Crippen molar-refractivity contribution in [1.82, 2.24) is 9.80 Å². The quantitative estimate of drug-likeness (QED) is 0.820. The van der Waals surface area contributed by atoms with Crippen LogP contribution in [0.25, 0.3) is 0 Å². The van der Waals surface area contributed by atoms with Crippen LogP contribution in [0.2, 0.25) is 0 Å². The molecule has 5 nitrogen and oxygen atoms in total. The molecule has 0 N–H and O–H groups in total. The molecule has 1 fully saturated rings. The van der Waals surface area contributed by atoms with Crippen LogP contribution in [0.3, 0.4) is 0 Å². The van der Waals surface area contributed by atoms with Crippen LogP contribution in [-0.2, 0) is 17.9 Å². The summed E-state index contributed by atoms with van der Waals surface area (Å²) in [5.74, 6) is 1.92.